The fourth-order valence-corrected chi connectivity index (χ4v) is 2.71. The molecule has 0 aliphatic carbocycles. The van der Waals surface area contributed by atoms with E-state index in [0.717, 1.165) is 6.42 Å². The van der Waals surface area contributed by atoms with Crippen molar-refractivity contribution >= 4 is 6.03 Å². The lowest BCUT2D eigenvalue weighted by Crippen LogP contribution is -2.46. The van der Waals surface area contributed by atoms with Crippen molar-refractivity contribution in [2.75, 3.05) is 13.6 Å². The van der Waals surface area contributed by atoms with Crippen molar-refractivity contribution < 1.29 is 9.90 Å². The average molecular weight is 320 g/mol. The van der Waals surface area contributed by atoms with Crippen LogP contribution >= 0.6 is 0 Å². The van der Waals surface area contributed by atoms with E-state index < -0.39 is 0 Å². The number of rotatable bonds is 7. The lowest BCUT2D eigenvalue weighted by Gasteiger charge is -2.30. The van der Waals surface area contributed by atoms with E-state index >= 15 is 0 Å². The quantitative estimate of drug-likeness (QED) is 0.809. The van der Waals surface area contributed by atoms with Gasteiger partial charge >= 0.3 is 6.03 Å². The number of carbonyl (C=O) groups excluding carboxylic acids is 1. The van der Waals surface area contributed by atoms with Gasteiger partial charge in [0.25, 0.3) is 0 Å². The Kier molecular flexibility index (Phi) is 7.07. The molecule has 0 heterocycles. The summed E-state index contributed by atoms with van der Waals surface area (Å²) >= 11 is 0. The van der Waals surface area contributed by atoms with Crippen LogP contribution in [-0.4, -0.2) is 41.8 Å². The first kappa shape index (κ1) is 19.5. The first-order valence-corrected chi connectivity index (χ1v) is 8.35. The lowest BCUT2D eigenvalue weighted by molar-refractivity contribution is 0.126. The van der Waals surface area contributed by atoms with Gasteiger partial charge in [0, 0.05) is 19.6 Å². The molecular formula is C19H32N2O2. The third kappa shape index (κ3) is 7.04. The van der Waals surface area contributed by atoms with E-state index in [1.54, 1.807) is 11.8 Å². The van der Waals surface area contributed by atoms with Gasteiger partial charge in [-0.05, 0) is 44.6 Å². The molecule has 0 spiro atoms. The molecule has 0 aliphatic rings. The van der Waals surface area contributed by atoms with Gasteiger partial charge in [0.05, 0.1) is 6.10 Å². The van der Waals surface area contributed by atoms with Gasteiger partial charge in [0.15, 0.2) is 0 Å². The number of amides is 2. The van der Waals surface area contributed by atoms with Gasteiger partial charge in [-0.25, -0.2) is 4.79 Å². The van der Waals surface area contributed by atoms with E-state index in [2.05, 4.69) is 57.3 Å². The second-order valence-corrected chi connectivity index (χ2v) is 7.53. The molecule has 1 aromatic rings. The largest absolute Gasteiger partial charge is 0.393 e. The third-order valence-corrected chi connectivity index (χ3v) is 4.20. The summed E-state index contributed by atoms with van der Waals surface area (Å²) in [4.78, 5) is 14.1. The molecule has 1 rings (SSSR count). The first-order valence-electron chi connectivity index (χ1n) is 8.35. The number of carbonyl (C=O) groups is 1. The van der Waals surface area contributed by atoms with Crippen LogP contribution in [0.2, 0.25) is 0 Å². The number of aliphatic hydroxyl groups excluding tert-OH is 1. The number of nitrogens with one attached hydrogen (secondary N) is 1. The van der Waals surface area contributed by atoms with E-state index in [1.807, 2.05) is 7.05 Å². The van der Waals surface area contributed by atoms with Crippen LogP contribution in [0.15, 0.2) is 24.3 Å². The van der Waals surface area contributed by atoms with Crippen LogP contribution in [0.4, 0.5) is 4.79 Å². The maximum Gasteiger partial charge on any atom is 0.317 e. The highest BCUT2D eigenvalue weighted by atomic mass is 16.3. The van der Waals surface area contributed by atoms with Gasteiger partial charge in [-0.3, -0.25) is 0 Å². The number of aryl methyl sites for hydroxylation is 1. The minimum atomic E-state index is -0.361. The Bertz CT molecular complexity index is 495. The lowest BCUT2D eigenvalue weighted by atomic mass is 9.87. The summed E-state index contributed by atoms with van der Waals surface area (Å²) in [6.07, 6.45) is 1.14. The summed E-state index contributed by atoms with van der Waals surface area (Å²) in [7, 11) is 1.83. The Morgan fingerprint density at radius 3 is 2.35 bits per heavy atom. The SMILES string of the molecule is Cc1ccc(CC(C)N(C)C(=O)NCC(C)(C)CC(C)O)cc1. The summed E-state index contributed by atoms with van der Waals surface area (Å²) in [5.74, 6) is 0. The Balaban J connectivity index is 2.50. The molecule has 2 amide bonds. The number of urea groups is 1. The molecule has 0 aromatic heterocycles. The van der Waals surface area contributed by atoms with E-state index in [-0.39, 0.29) is 23.6 Å². The zero-order valence-electron chi connectivity index (χ0n) is 15.4. The molecule has 4 nitrogen and oxygen atoms in total. The highest BCUT2D eigenvalue weighted by molar-refractivity contribution is 5.74. The zero-order valence-corrected chi connectivity index (χ0v) is 15.4. The number of hydrogen-bond acceptors (Lipinski definition) is 2. The van der Waals surface area contributed by atoms with Gasteiger partial charge in [0.2, 0.25) is 0 Å². The molecule has 130 valence electrons. The van der Waals surface area contributed by atoms with Crippen LogP contribution in [0.25, 0.3) is 0 Å². The minimum absolute atomic E-state index is 0.0664. The highest BCUT2D eigenvalue weighted by Gasteiger charge is 2.23. The molecule has 0 saturated heterocycles. The first-order chi connectivity index (χ1) is 10.6. The molecule has 0 aliphatic heterocycles. The fourth-order valence-electron chi connectivity index (χ4n) is 2.71. The van der Waals surface area contributed by atoms with Crippen molar-refractivity contribution in [1.29, 1.82) is 0 Å². The van der Waals surface area contributed by atoms with Crippen molar-refractivity contribution in [3.05, 3.63) is 35.4 Å². The molecule has 23 heavy (non-hydrogen) atoms. The monoisotopic (exact) mass is 320 g/mol. The van der Waals surface area contributed by atoms with Crippen LogP contribution in [0.1, 0.15) is 45.2 Å². The molecule has 4 heteroatoms. The smallest absolute Gasteiger partial charge is 0.317 e. The molecule has 0 saturated carbocycles. The predicted molar refractivity (Wildman–Crippen MR) is 95.6 cm³/mol. The molecule has 2 N–H and O–H groups in total. The molecule has 0 bridgehead atoms. The molecule has 0 radical (unpaired) electrons. The maximum atomic E-state index is 12.3. The van der Waals surface area contributed by atoms with Crippen molar-refractivity contribution in [3.8, 4) is 0 Å². The Labute approximate surface area is 140 Å². The van der Waals surface area contributed by atoms with E-state index in [9.17, 15) is 9.90 Å². The number of benzene rings is 1. The summed E-state index contributed by atoms with van der Waals surface area (Å²) < 4.78 is 0. The molecule has 1 aromatic carbocycles. The number of hydrogen-bond donors (Lipinski definition) is 2. The Morgan fingerprint density at radius 2 is 1.83 bits per heavy atom. The summed E-state index contributed by atoms with van der Waals surface area (Å²) in [5.41, 5.74) is 2.36. The molecule has 0 fully saturated rings. The third-order valence-electron chi connectivity index (χ3n) is 4.20. The van der Waals surface area contributed by atoms with Gasteiger partial charge < -0.3 is 15.3 Å². The van der Waals surface area contributed by atoms with E-state index in [0.29, 0.717) is 13.0 Å². The van der Waals surface area contributed by atoms with Crippen molar-refractivity contribution in [2.45, 2.75) is 59.6 Å². The zero-order chi connectivity index (χ0) is 17.6. The topological polar surface area (TPSA) is 52.6 Å². The van der Waals surface area contributed by atoms with Crippen LogP contribution in [0.5, 0.6) is 0 Å². The maximum absolute atomic E-state index is 12.3. The average Bonchev–Trinajstić information content (AvgIpc) is 2.45. The highest BCUT2D eigenvalue weighted by Crippen LogP contribution is 2.21. The van der Waals surface area contributed by atoms with Crippen LogP contribution in [0.3, 0.4) is 0 Å². The molecule has 2 unspecified atom stereocenters. The molecule has 2 atom stereocenters. The minimum Gasteiger partial charge on any atom is -0.393 e. The van der Waals surface area contributed by atoms with Gasteiger partial charge in [-0.15, -0.1) is 0 Å². The number of nitrogens with zero attached hydrogens (tertiary/aromatic N) is 1. The van der Waals surface area contributed by atoms with Crippen LogP contribution in [0, 0.1) is 12.3 Å². The van der Waals surface area contributed by atoms with Crippen LogP contribution < -0.4 is 5.32 Å². The Morgan fingerprint density at radius 1 is 1.26 bits per heavy atom. The van der Waals surface area contributed by atoms with E-state index in [1.165, 1.54) is 11.1 Å². The summed E-state index contributed by atoms with van der Waals surface area (Å²) in [6.45, 7) is 10.6. The second-order valence-electron chi connectivity index (χ2n) is 7.53. The summed E-state index contributed by atoms with van der Waals surface area (Å²) in [6, 6.07) is 8.48. The van der Waals surface area contributed by atoms with Crippen molar-refractivity contribution in [1.82, 2.24) is 10.2 Å². The van der Waals surface area contributed by atoms with E-state index in [4.69, 9.17) is 0 Å². The predicted octanol–water partition coefficient (Wildman–Crippen LogP) is 3.36. The van der Waals surface area contributed by atoms with Gasteiger partial charge in [-0.1, -0.05) is 43.7 Å². The van der Waals surface area contributed by atoms with Crippen molar-refractivity contribution in [3.63, 3.8) is 0 Å². The standard InChI is InChI=1S/C19H32N2O2/c1-14-7-9-17(10-8-14)11-15(2)21(6)18(23)20-13-19(4,5)12-16(3)22/h7-10,15-16,22H,11-13H2,1-6H3,(H,20,23). The van der Waals surface area contributed by atoms with Crippen LogP contribution in [-0.2, 0) is 6.42 Å². The van der Waals surface area contributed by atoms with Gasteiger partial charge in [-0.2, -0.15) is 0 Å². The normalized spacial score (nSPS) is 14.2. The number of likely N-dealkylation sites (N-methyl/N-ethyl adjacent to an activating group) is 1. The number of aliphatic hydroxyl groups is 1. The van der Waals surface area contributed by atoms with Crippen molar-refractivity contribution in [2.24, 2.45) is 5.41 Å². The summed E-state index contributed by atoms with van der Waals surface area (Å²) in [5, 5.41) is 12.5. The molecular weight excluding hydrogens is 288 g/mol. The van der Waals surface area contributed by atoms with Gasteiger partial charge in [0.1, 0.15) is 0 Å². The second kappa shape index (κ2) is 8.34. The Hall–Kier alpha value is -1.55. The fraction of sp³-hybridized carbons (Fsp3) is 0.632.